The highest BCUT2D eigenvalue weighted by Gasteiger charge is 1.68. The zero-order valence-corrected chi connectivity index (χ0v) is 4.62. The molecule has 5 heavy (non-hydrogen) atoms. The van der Waals surface area contributed by atoms with Crippen LogP contribution in [0.3, 0.4) is 0 Å². The molecule has 0 heterocycles. The monoisotopic (exact) mass is 89.1 g/mol. The molecule has 1 radical (unpaired) electrons. The largest absolute Gasteiger partial charge is 0.0992 e. The first kappa shape index (κ1) is 5.43. The molecule has 0 bridgehead atoms. The van der Waals surface area contributed by atoms with Crippen LogP contribution in [0.5, 0.6) is 0 Å². The number of hydrogen-bond donors (Lipinski definition) is 0. The van der Waals surface area contributed by atoms with Crippen molar-refractivity contribution in [1.82, 2.24) is 0 Å². The molecule has 0 aromatic heterocycles. The molecule has 0 rings (SSSR count). The molecule has 0 aliphatic carbocycles. The standard InChI is InChI=1S/C4H10P/c1-2-3-4-5/h5H,2-4H2,1H3. The predicted molar refractivity (Wildman–Crippen MR) is 28.1 cm³/mol. The van der Waals surface area contributed by atoms with Gasteiger partial charge >= 0.3 is 0 Å². The lowest BCUT2D eigenvalue weighted by atomic mass is 10.4. The lowest BCUT2D eigenvalue weighted by Gasteiger charge is -1.78. The Morgan fingerprint density at radius 1 is 1.60 bits per heavy atom. The zero-order valence-electron chi connectivity index (χ0n) is 3.62. The molecule has 0 unspecified atom stereocenters. The van der Waals surface area contributed by atoms with Crippen LogP contribution >= 0.6 is 9.24 Å². The Labute approximate surface area is 36.2 Å². The van der Waals surface area contributed by atoms with Gasteiger partial charge in [-0.05, 0) is 12.6 Å². The van der Waals surface area contributed by atoms with Crippen LogP contribution < -0.4 is 0 Å². The number of rotatable bonds is 2. The number of hydrogen-bond acceptors (Lipinski definition) is 0. The van der Waals surface area contributed by atoms with Gasteiger partial charge in [-0.25, -0.2) is 0 Å². The molecule has 0 fully saturated rings. The Kier molecular flexibility index (Phi) is 4.81. The van der Waals surface area contributed by atoms with Gasteiger partial charge in [0.1, 0.15) is 0 Å². The maximum atomic E-state index is 3.35. The van der Waals surface area contributed by atoms with Gasteiger partial charge in [-0.2, -0.15) is 0 Å². The SMILES string of the molecule is CCCC[PH]. The summed E-state index contributed by atoms with van der Waals surface area (Å²) >= 11 is 0. The maximum absolute atomic E-state index is 3.35. The normalized spacial score (nSPS) is 8.40. The van der Waals surface area contributed by atoms with Crippen LogP contribution in [-0.2, 0) is 0 Å². The Morgan fingerprint density at radius 3 is 2.20 bits per heavy atom. The minimum atomic E-state index is 1.15. The summed E-state index contributed by atoms with van der Waals surface area (Å²) in [5, 5.41) is 0. The van der Waals surface area contributed by atoms with E-state index < -0.39 is 0 Å². The van der Waals surface area contributed by atoms with Crippen LogP contribution in [0.4, 0.5) is 0 Å². The second-order valence-corrected chi connectivity index (χ2v) is 1.60. The molecular formula is C4H10P. The molecule has 0 saturated carbocycles. The van der Waals surface area contributed by atoms with Crippen molar-refractivity contribution in [3.05, 3.63) is 0 Å². The van der Waals surface area contributed by atoms with Crippen molar-refractivity contribution in [2.45, 2.75) is 19.8 Å². The van der Waals surface area contributed by atoms with Crippen LogP contribution in [0, 0.1) is 0 Å². The Bertz CT molecular complexity index is 11.1. The van der Waals surface area contributed by atoms with E-state index in [0.717, 1.165) is 6.16 Å². The van der Waals surface area contributed by atoms with Crippen molar-refractivity contribution in [3.63, 3.8) is 0 Å². The van der Waals surface area contributed by atoms with Crippen molar-refractivity contribution >= 4 is 9.24 Å². The fraction of sp³-hybridized carbons (Fsp3) is 1.00. The molecule has 0 aliphatic rings. The van der Waals surface area contributed by atoms with Gasteiger partial charge in [0.15, 0.2) is 0 Å². The summed E-state index contributed by atoms with van der Waals surface area (Å²) in [6, 6.07) is 0. The fourth-order valence-electron chi connectivity index (χ4n) is 0.177. The van der Waals surface area contributed by atoms with Gasteiger partial charge in [0.2, 0.25) is 0 Å². The Balaban J connectivity index is 2.19. The van der Waals surface area contributed by atoms with Gasteiger partial charge in [0, 0.05) is 0 Å². The topological polar surface area (TPSA) is 0 Å². The Morgan fingerprint density at radius 2 is 2.20 bits per heavy atom. The van der Waals surface area contributed by atoms with E-state index in [9.17, 15) is 0 Å². The van der Waals surface area contributed by atoms with E-state index >= 15 is 0 Å². The minimum absolute atomic E-state index is 1.15. The first-order valence-electron chi connectivity index (χ1n) is 2.06. The van der Waals surface area contributed by atoms with Crippen LogP contribution in [0.15, 0.2) is 0 Å². The number of unbranched alkanes of at least 4 members (excludes halogenated alkanes) is 1. The van der Waals surface area contributed by atoms with Gasteiger partial charge < -0.3 is 0 Å². The lowest BCUT2D eigenvalue weighted by molar-refractivity contribution is 0.897. The third kappa shape index (κ3) is 4.43. The lowest BCUT2D eigenvalue weighted by Crippen LogP contribution is -1.64. The third-order valence-electron chi connectivity index (χ3n) is 0.530. The second-order valence-electron chi connectivity index (χ2n) is 1.10. The van der Waals surface area contributed by atoms with Gasteiger partial charge in [0.05, 0.1) is 0 Å². The molecule has 0 aliphatic heterocycles. The fourth-order valence-corrected chi connectivity index (χ4v) is 0.530. The van der Waals surface area contributed by atoms with Crippen LogP contribution in [0.2, 0.25) is 0 Å². The summed E-state index contributed by atoms with van der Waals surface area (Å²) in [7, 11) is 3.35. The van der Waals surface area contributed by atoms with E-state index in [1.807, 2.05) is 0 Å². The predicted octanol–water partition coefficient (Wildman–Crippen LogP) is 1.93. The van der Waals surface area contributed by atoms with Crippen molar-refractivity contribution in [2.24, 2.45) is 0 Å². The molecule has 0 saturated heterocycles. The quantitative estimate of drug-likeness (QED) is 0.453. The summed E-state index contributed by atoms with van der Waals surface area (Å²) in [6.07, 6.45) is 3.75. The molecule has 0 atom stereocenters. The van der Waals surface area contributed by atoms with Crippen molar-refractivity contribution < 1.29 is 0 Å². The van der Waals surface area contributed by atoms with Crippen molar-refractivity contribution in [2.75, 3.05) is 6.16 Å². The highest BCUT2D eigenvalue weighted by atomic mass is 31.0. The average molecular weight is 89.1 g/mol. The molecule has 0 N–H and O–H groups in total. The summed E-state index contributed by atoms with van der Waals surface area (Å²) < 4.78 is 0. The summed E-state index contributed by atoms with van der Waals surface area (Å²) in [6.45, 7) is 2.18. The second kappa shape index (κ2) is 4.43. The van der Waals surface area contributed by atoms with Crippen LogP contribution in [0.1, 0.15) is 19.8 Å². The minimum Gasteiger partial charge on any atom is -0.0992 e. The average Bonchev–Trinajstić information content (AvgIpc) is 1.41. The van der Waals surface area contributed by atoms with Gasteiger partial charge in [-0.15, -0.1) is 0 Å². The Hall–Kier alpha value is 0.430. The van der Waals surface area contributed by atoms with Crippen LogP contribution in [0.25, 0.3) is 0 Å². The van der Waals surface area contributed by atoms with E-state index in [1.165, 1.54) is 12.8 Å². The molecule has 31 valence electrons. The first-order valence-corrected chi connectivity index (χ1v) is 2.77. The summed E-state index contributed by atoms with van der Waals surface area (Å²) in [4.78, 5) is 0. The summed E-state index contributed by atoms with van der Waals surface area (Å²) in [5.41, 5.74) is 0. The van der Waals surface area contributed by atoms with Crippen molar-refractivity contribution in [3.8, 4) is 0 Å². The molecule has 0 aromatic rings. The molecule has 0 amide bonds. The third-order valence-corrected chi connectivity index (χ3v) is 0.884. The summed E-state index contributed by atoms with van der Waals surface area (Å²) in [5.74, 6) is 0. The maximum Gasteiger partial charge on any atom is -0.0317 e. The molecule has 0 spiro atoms. The first-order chi connectivity index (χ1) is 2.41. The van der Waals surface area contributed by atoms with Gasteiger partial charge in [0.25, 0.3) is 0 Å². The smallest absolute Gasteiger partial charge is 0.0317 e. The van der Waals surface area contributed by atoms with E-state index in [0.29, 0.717) is 0 Å². The van der Waals surface area contributed by atoms with E-state index in [1.54, 1.807) is 0 Å². The van der Waals surface area contributed by atoms with E-state index in [4.69, 9.17) is 0 Å². The highest BCUT2D eigenvalue weighted by molar-refractivity contribution is 7.16. The zero-order chi connectivity index (χ0) is 4.12. The van der Waals surface area contributed by atoms with Gasteiger partial charge in [-0.1, -0.05) is 22.6 Å². The van der Waals surface area contributed by atoms with Crippen LogP contribution in [-0.4, -0.2) is 6.16 Å². The van der Waals surface area contributed by atoms with E-state index in [-0.39, 0.29) is 0 Å². The highest BCUT2D eigenvalue weighted by Crippen LogP contribution is 1.89. The molecular weight excluding hydrogens is 79.0 g/mol. The molecule has 1 heteroatoms. The molecule has 0 nitrogen and oxygen atoms in total. The van der Waals surface area contributed by atoms with Crippen molar-refractivity contribution in [1.29, 1.82) is 0 Å². The van der Waals surface area contributed by atoms with Gasteiger partial charge in [-0.3, -0.25) is 0 Å². The van der Waals surface area contributed by atoms with E-state index in [2.05, 4.69) is 16.2 Å². The molecule has 0 aromatic carbocycles.